The zero-order valence-corrected chi connectivity index (χ0v) is 34.8. The fourth-order valence-electron chi connectivity index (χ4n) is 8.99. The second kappa shape index (κ2) is 16.3. The number of fused-ring (bicyclic) bond motifs is 2. The molecule has 3 aromatic carbocycles. The molecule has 0 atom stereocenters. The molecule has 0 radical (unpaired) electrons. The number of H-pyrrole nitrogens is 2. The molecule has 2 fully saturated rings. The molecule has 1 amide bonds. The van der Waals surface area contributed by atoms with Crippen molar-refractivity contribution < 1.29 is 14.5 Å². The second-order valence-electron chi connectivity index (χ2n) is 16.2. The molecule has 4 aromatic heterocycles. The Kier molecular flexibility index (Phi) is 10.4. The number of rotatable bonds is 11. The minimum Gasteiger partial charge on any atom is -0.455 e. The number of hydrogen-bond donors (Lipinski definition) is 3. The number of hydrogen-bond acceptors (Lipinski definition) is 10. The zero-order valence-electron chi connectivity index (χ0n) is 33.2. The van der Waals surface area contributed by atoms with Gasteiger partial charge in [-0.3, -0.25) is 29.5 Å². The monoisotopic (exact) mass is 851 g/mol. The summed E-state index contributed by atoms with van der Waals surface area (Å²) in [6.07, 6.45) is 14.3. The lowest BCUT2D eigenvalue weighted by Crippen LogP contribution is -2.47. The van der Waals surface area contributed by atoms with Crippen LogP contribution in [0.3, 0.4) is 0 Å². The molecule has 1 saturated heterocycles. The molecule has 13 nitrogen and oxygen atoms in total. The Balaban J connectivity index is 0.875. The van der Waals surface area contributed by atoms with Crippen molar-refractivity contribution in [3.8, 4) is 22.9 Å². The second-order valence-corrected chi connectivity index (χ2v) is 17.5. The van der Waals surface area contributed by atoms with Crippen LogP contribution in [0.1, 0.15) is 54.4 Å². The van der Waals surface area contributed by atoms with Crippen LogP contribution in [0, 0.1) is 15.5 Å². The lowest BCUT2D eigenvalue weighted by Gasteiger charge is -2.47. The van der Waals surface area contributed by atoms with E-state index >= 15 is 0 Å². The van der Waals surface area contributed by atoms with E-state index in [2.05, 4.69) is 51.6 Å². The summed E-state index contributed by atoms with van der Waals surface area (Å²) < 4.78 is 9.34. The number of non-ortho nitro benzene ring substituents is 1. The van der Waals surface area contributed by atoms with Crippen molar-refractivity contribution in [2.24, 2.45) is 5.41 Å². The number of nitro groups is 1. The van der Waals surface area contributed by atoms with E-state index in [0.29, 0.717) is 38.7 Å². The summed E-state index contributed by atoms with van der Waals surface area (Å²) in [6, 6.07) is 24.5. The molecule has 10 rings (SSSR count). The highest BCUT2D eigenvalue weighted by molar-refractivity contribution is 7.98. The van der Waals surface area contributed by atoms with Crippen LogP contribution in [0.5, 0.6) is 11.5 Å². The minimum absolute atomic E-state index is 0.175. The van der Waals surface area contributed by atoms with Crippen molar-refractivity contribution in [1.29, 1.82) is 0 Å². The zero-order chi connectivity index (χ0) is 41.5. The highest BCUT2D eigenvalue weighted by Gasteiger charge is 2.41. The van der Waals surface area contributed by atoms with Gasteiger partial charge >= 0.3 is 0 Å². The molecule has 3 aliphatic rings. The number of nitrogens with one attached hydrogen (secondary N) is 3. The number of nitrogens with zero attached hydrogens (tertiary/aromatic N) is 6. The number of piperazine rings is 1. The number of carbonyl (C=O) groups is 1. The number of carbonyl (C=O) groups excluding carboxylic acids is 1. The number of amides is 1. The van der Waals surface area contributed by atoms with Crippen molar-refractivity contribution in [1.82, 2.24) is 34.5 Å². The molecule has 1 spiro atoms. The van der Waals surface area contributed by atoms with Crippen molar-refractivity contribution in [3.05, 3.63) is 135 Å². The molecule has 5 heterocycles. The number of benzene rings is 3. The van der Waals surface area contributed by atoms with Gasteiger partial charge in [0.05, 0.1) is 22.2 Å². The summed E-state index contributed by atoms with van der Waals surface area (Å²) in [5.74, 6) is 0.922. The number of ether oxygens (including phenoxy) is 1. The van der Waals surface area contributed by atoms with E-state index in [4.69, 9.17) is 16.3 Å². The lowest BCUT2D eigenvalue weighted by atomic mass is 9.59. The Morgan fingerprint density at radius 1 is 0.967 bits per heavy atom. The number of anilines is 1. The molecule has 3 N–H and O–H groups in total. The Hall–Kier alpha value is -6.22. The van der Waals surface area contributed by atoms with Gasteiger partial charge in [-0.2, -0.15) is 0 Å². The van der Waals surface area contributed by atoms with Crippen molar-refractivity contribution in [2.75, 3.05) is 37.6 Å². The van der Waals surface area contributed by atoms with Crippen molar-refractivity contribution in [3.63, 3.8) is 0 Å². The number of pyridine rings is 2. The number of nitro benzene ring substituents is 1. The molecule has 61 heavy (non-hydrogen) atoms. The standard InChI is InChI=1S/C46H42ClN9O4S/c47-33-4-2-29(3-5-33)38-26-46(12-1-13-46)14-8-32(38)28-54-18-20-55(21-19-54)34-6-7-37(41(23-34)60-35-22-31-11-17-49-43(31)50-27-35)45(57)53-61-36-24-39-42(40(25-36)56(58)59)52-44(51-39)30-9-15-48-16-10-30/h2-7,9-11,15-17,22-25,27H,1,8,12-14,18-21,26,28H2,(H,49,50)(H,51,52)(H,53,57). The Labute approximate surface area is 360 Å². The Morgan fingerprint density at radius 2 is 1.79 bits per heavy atom. The number of halogens is 1. The largest absolute Gasteiger partial charge is 0.455 e. The summed E-state index contributed by atoms with van der Waals surface area (Å²) in [4.78, 5) is 50.3. The van der Waals surface area contributed by atoms with Gasteiger partial charge in [0.2, 0.25) is 0 Å². The smallest absolute Gasteiger partial charge is 0.298 e. The van der Waals surface area contributed by atoms with Gasteiger partial charge in [0.1, 0.15) is 23.0 Å². The Morgan fingerprint density at radius 3 is 2.56 bits per heavy atom. The fraction of sp³-hybridized carbons (Fsp3) is 0.261. The number of imidazole rings is 1. The van der Waals surface area contributed by atoms with Gasteiger partial charge in [0.15, 0.2) is 5.52 Å². The molecule has 1 aliphatic heterocycles. The van der Waals surface area contributed by atoms with E-state index in [1.165, 1.54) is 42.9 Å². The quantitative estimate of drug-likeness (QED) is 0.0650. The van der Waals surface area contributed by atoms with Crippen LogP contribution in [0.25, 0.3) is 39.0 Å². The van der Waals surface area contributed by atoms with Gasteiger partial charge in [-0.25, -0.2) is 9.97 Å². The third-order valence-electron chi connectivity index (χ3n) is 12.5. The normalized spacial score (nSPS) is 16.6. The highest BCUT2D eigenvalue weighted by Crippen LogP contribution is 2.55. The molecular formula is C46H42ClN9O4S. The Bertz CT molecular complexity index is 2810. The van der Waals surface area contributed by atoms with E-state index in [9.17, 15) is 14.9 Å². The summed E-state index contributed by atoms with van der Waals surface area (Å²) in [6.45, 7) is 4.42. The van der Waals surface area contributed by atoms with Crippen molar-refractivity contribution in [2.45, 2.75) is 43.4 Å². The van der Waals surface area contributed by atoms with Crippen molar-refractivity contribution >= 4 is 68.5 Å². The molecule has 2 aliphatic carbocycles. The predicted octanol–water partition coefficient (Wildman–Crippen LogP) is 10.2. The van der Waals surface area contributed by atoms with Gasteiger partial charge in [-0.1, -0.05) is 35.7 Å². The minimum atomic E-state index is -0.471. The first-order valence-electron chi connectivity index (χ1n) is 20.5. The van der Waals surface area contributed by atoms with Crippen LogP contribution < -0.4 is 14.4 Å². The van der Waals surface area contributed by atoms with Crippen LogP contribution in [0.2, 0.25) is 5.02 Å². The van der Waals surface area contributed by atoms with Gasteiger partial charge in [0, 0.05) is 90.0 Å². The molecule has 15 heteroatoms. The summed E-state index contributed by atoms with van der Waals surface area (Å²) in [5, 5.41) is 13.8. The van der Waals surface area contributed by atoms with E-state index in [-0.39, 0.29) is 11.2 Å². The van der Waals surface area contributed by atoms with Gasteiger partial charge in [-0.05, 0) is 115 Å². The molecular weight excluding hydrogens is 810 g/mol. The molecule has 0 unspecified atom stereocenters. The van der Waals surface area contributed by atoms with Crippen LogP contribution in [-0.4, -0.2) is 73.4 Å². The van der Waals surface area contributed by atoms with Gasteiger partial charge in [0.25, 0.3) is 11.6 Å². The van der Waals surface area contributed by atoms with E-state index in [1.807, 2.05) is 42.6 Å². The van der Waals surface area contributed by atoms with Crippen LogP contribution in [0.4, 0.5) is 11.4 Å². The average Bonchev–Trinajstić information content (AvgIpc) is 3.93. The topological polar surface area (TPSA) is 158 Å². The summed E-state index contributed by atoms with van der Waals surface area (Å²) in [5.41, 5.74) is 8.11. The average molecular weight is 852 g/mol. The fourth-order valence-corrected chi connectivity index (χ4v) is 9.78. The van der Waals surface area contributed by atoms with Gasteiger partial charge in [-0.15, -0.1) is 0 Å². The first-order valence-corrected chi connectivity index (χ1v) is 21.7. The lowest BCUT2D eigenvalue weighted by molar-refractivity contribution is -0.383. The summed E-state index contributed by atoms with van der Waals surface area (Å²) in [7, 11) is 0. The maximum atomic E-state index is 14.0. The van der Waals surface area contributed by atoms with Crippen LogP contribution >= 0.6 is 23.5 Å². The molecule has 7 aromatic rings. The van der Waals surface area contributed by atoms with E-state index in [0.717, 1.165) is 84.8 Å². The predicted molar refractivity (Wildman–Crippen MR) is 239 cm³/mol. The van der Waals surface area contributed by atoms with E-state index < -0.39 is 10.8 Å². The van der Waals surface area contributed by atoms with Crippen LogP contribution in [-0.2, 0) is 0 Å². The summed E-state index contributed by atoms with van der Waals surface area (Å²) >= 11 is 7.27. The maximum absolute atomic E-state index is 14.0. The molecule has 1 saturated carbocycles. The number of allylic oxidation sites excluding steroid dienone is 1. The van der Waals surface area contributed by atoms with Gasteiger partial charge < -0.3 is 19.6 Å². The van der Waals surface area contributed by atoms with Crippen LogP contribution in [0.15, 0.2) is 114 Å². The number of aromatic nitrogens is 5. The third kappa shape index (κ3) is 8.06. The molecule has 308 valence electrons. The maximum Gasteiger partial charge on any atom is 0.298 e. The van der Waals surface area contributed by atoms with E-state index in [1.54, 1.807) is 48.4 Å². The SMILES string of the molecule is O=C(NSc1cc([N+](=O)[O-])c2nc(-c3ccncc3)[nH]c2c1)c1ccc(N2CCN(CC3=C(c4ccc(Cl)cc4)CC4(CCC4)CC3)CC2)cc1Oc1cnc2[nH]ccc2c1. The number of aromatic amines is 2. The third-order valence-corrected chi connectivity index (χ3v) is 13.5. The first kappa shape index (κ1) is 38.9. The first-order chi connectivity index (χ1) is 29.8. The highest BCUT2D eigenvalue weighted by atomic mass is 35.5. The molecule has 0 bridgehead atoms.